The second-order valence-electron chi connectivity index (χ2n) is 3.29. The molecule has 0 amide bonds. The van der Waals surface area contributed by atoms with Crippen LogP contribution in [0.3, 0.4) is 0 Å². The highest BCUT2D eigenvalue weighted by molar-refractivity contribution is 9.09. The van der Waals surface area contributed by atoms with Crippen LogP contribution in [0.15, 0.2) is 29.8 Å². The fourth-order valence-corrected chi connectivity index (χ4v) is 1.86. The third-order valence-electron chi connectivity index (χ3n) is 2.19. The highest BCUT2D eigenvalue weighted by Gasteiger charge is 1.94. The highest BCUT2D eigenvalue weighted by Crippen LogP contribution is 2.16. The maximum atomic E-state index is 5.39. The molecule has 0 atom stereocenters. The second kappa shape index (κ2) is 6.67. The van der Waals surface area contributed by atoms with E-state index in [1.165, 1.54) is 11.1 Å². The van der Waals surface area contributed by atoms with E-state index in [4.69, 9.17) is 4.74 Å². The summed E-state index contributed by atoms with van der Waals surface area (Å²) < 4.78 is 5.39. The predicted molar refractivity (Wildman–Crippen MR) is 69.7 cm³/mol. The number of alkyl halides is 1. The first-order valence-corrected chi connectivity index (χ1v) is 6.40. The van der Waals surface area contributed by atoms with Gasteiger partial charge in [-0.2, -0.15) is 0 Å². The Balaban J connectivity index is 2.75. The molecule has 0 heterocycles. The van der Waals surface area contributed by atoms with Crippen molar-refractivity contribution >= 4 is 22.0 Å². The lowest BCUT2D eigenvalue weighted by Gasteiger charge is -2.03. The van der Waals surface area contributed by atoms with Crippen molar-refractivity contribution in [3.8, 4) is 5.75 Å². The standard InChI is InChI=1S/C13H17BrO/c1-3-11(10-14)9-12-5-7-13(8-6-12)15-4-2/h5-9H,3-4,10H2,1-2H3. The van der Waals surface area contributed by atoms with Crippen molar-refractivity contribution in [1.82, 2.24) is 0 Å². The molecule has 0 bridgehead atoms. The van der Waals surface area contributed by atoms with Crippen molar-refractivity contribution in [1.29, 1.82) is 0 Å². The molecule has 0 fully saturated rings. The van der Waals surface area contributed by atoms with E-state index in [2.05, 4.69) is 41.1 Å². The zero-order chi connectivity index (χ0) is 11.1. The lowest BCUT2D eigenvalue weighted by Crippen LogP contribution is -1.90. The first-order chi connectivity index (χ1) is 7.30. The van der Waals surface area contributed by atoms with Gasteiger partial charge in [0.15, 0.2) is 0 Å². The van der Waals surface area contributed by atoms with E-state index < -0.39 is 0 Å². The molecule has 0 saturated heterocycles. The number of halogens is 1. The van der Waals surface area contributed by atoms with Crippen molar-refractivity contribution in [2.45, 2.75) is 20.3 Å². The molecule has 0 spiro atoms. The molecule has 15 heavy (non-hydrogen) atoms. The maximum Gasteiger partial charge on any atom is 0.119 e. The van der Waals surface area contributed by atoms with Gasteiger partial charge in [-0.15, -0.1) is 0 Å². The summed E-state index contributed by atoms with van der Waals surface area (Å²) in [6, 6.07) is 8.19. The zero-order valence-corrected chi connectivity index (χ0v) is 10.9. The zero-order valence-electron chi connectivity index (χ0n) is 9.29. The molecule has 0 saturated carbocycles. The van der Waals surface area contributed by atoms with E-state index in [-0.39, 0.29) is 0 Å². The van der Waals surface area contributed by atoms with Crippen molar-refractivity contribution < 1.29 is 4.74 Å². The van der Waals surface area contributed by atoms with Crippen LogP contribution in [0.2, 0.25) is 0 Å². The van der Waals surface area contributed by atoms with Crippen LogP contribution in [-0.4, -0.2) is 11.9 Å². The molecule has 1 rings (SSSR count). The van der Waals surface area contributed by atoms with Crippen LogP contribution in [0.25, 0.3) is 6.08 Å². The Labute approximate surface area is 100 Å². The normalized spacial score (nSPS) is 11.5. The molecule has 0 aromatic heterocycles. The number of rotatable bonds is 5. The number of hydrogen-bond donors (Lipinski definition) is 0. The Kier molecular flexibility index (Phi) is 5.48. The minimum Gasteiger partial charge on any atom is -0.494 e. The van der Waals surface area contributed by atoms with Crippen molar-refractivity contribution in [2.24, 2.45) is 0 Å². The average Bonchev–Trinajstić information content (AvgIpc) is 2.28. The van der Waals surface area contributed by atoms with E-state index in [0.717, 1.165) is 24.1 Å². The molecular formula is C13H17BrO. The minimum absolute atomic E-state index is 0.719. The van der Waals surface area contributed by atoms with Crippen LogP contribution < -0.4 is 4.74 Å². The van der Waals surface area contributed by atoms with Gasteiger partial charge in [0.1, 0.15) is 5.75 Å². The number of ether oxygens (including phenoxy) is 1. The van der Waals surface area contributed by atoms with Crippen LogP contribution in [-0.2, 0) is 0 Å². The molecule has 2 heteroatoms. The predicted octanol–water partition coefficient (Wildman–Crippen LogP) is 4.27. The monoisotopic (exact) mass is 268 g/mol. The highest BCUT2D eigenvalue weighted by atomic mass is 79.9. The van der Waals surface area contributed by atoms with Crippen LogP contribution in [0.5, 0.6) is 5.75 Å². The maximum absolute atomic E-state index is 5.39. The lowest BCUT2D eigenvalue weighted by molar-refractivity contribution is 0.340. The molecule has 1 nitrogen and oxygen atoms in total. The Bertz CT molecular complexity index is 308. The summed E-state index contributed by atoms with van der Waals surface area (Å²) in [6.45, 7) is 4.88. The lowest BCUT2D eigenvalue weighted by atomic mass is 10.1. The summed E-state index contributed by atoms with van der Waals surface area (Å²) in [6.07, 6.45) is 3.29. The molecule has 0 radical (unpaired) electrons. The Morgan fingerprint density at radius 3 is 2.40 bits per heavy atom. The van der Waals surface area contributed by atoms with Gasteiger partial charge in [0, 0.05) is 5.33 Å². The van der Waals surface area contributed by atoms with E-state index in [0.29, 0.717) is 0 Å². The van der Waals surface area contributed by atoms with E-state index >= 15 is 0 Å². The van der Waals surface area contributed by atoms with Gasteiger partial charge in [0.05, 0.1) is 6.61 Å². The molecular weight excluding hydrogens is 252 g/mol. The van der Waals surface area contributed by atoms with Gasteiger partial charge in [-0.1, -0.05) is 46.6 Å². The van der Waals surface area contributed by atoms with Gasteiger partial charge in [0.2, 0.25) is 0 Å². The molecule has 1 aromatic rings. The molecule has 82 valence electrons. The fourth-order valence-electron chi connectivity index (χ4n) is 1.30. The van der Waals surface area contributed by atoms with Gasteiger partial charge >= 0.3 is 0 Å². The smallest absolute Gasteiger partial charge is 0.119 e. The summed E-state index contributed by atoms with van der Waals surface area (Å²) in [5.41, 5.74) is 2.63. The van der Waals surface area contributed by atoms with Gasteiger partial charge < -0.3 is 4.74 Å². The summed E-state index contributed by atoms with van der Waals surface area (Å²) in [5, 5.41) is 0.941. The van der Waals surface area contributed by atoms with Gasteiger partial charge in [-0.3, -0.25) is 0 Å². The largest absolute Gasteiger partial charge is 0.494 e. The second-order valence-corrected chi connectivity index (χ2v) is 3.85. The fraction of sp³-hybridized carbons (Fsp3) is 0.385. The number of hydrogen-bond acceptors (Lipinski definition) is 1. The van der Waals surface area contributed by atoms with Gasteiger partial charge in [-0.05, 0) is 31.0 Å². The molecule has 0 aliphatic heterocycles. The number of benzene rings is 1. The molecule has 0 unspecified atom stereocenters. The van der Waals surface area contributed by atoms with Crippen molar-refractivity contribution in [3.05, 3.63) is 35.4 Å². The summed E-state index contributed by atoms with van der Waals surface area (Å²) in [4.78, 5) is 0. The average molecular weight is 269 g/mol. The SMILES string of the molecule is CCOc1ccc(C=C(CC)CBr)cc1. The first-order valence-electron chi connectivity index (χ1n) is 5.28. The van der Waals surface area contributed by atoms with Crippen LogP contribution in [0.1, 0.15) is 25.8 Å². The third-order valence-corrected chi connectivity index (χ3v) is 2.91. The van der Waals surface area contributed by atoms with Crippen molar-refractivity contribution in [3.63, 3.8) is 0 Å². The molecule has 1 aromatic carbocycles. The molecule has 0 aliphatic carbocycles. The van der Waals surface area contributed by atoms with Gasteiger partial charge in [-0.25, -0.2) is 0 Å². The summed E-state index contributed by atoms with van der Waals surface area (Å²) >= 11 is 3.48. The molecule has 0 N–H and O–H groups in total. The van der Waals surface area contributed by atoms with Crippen LogP contribution in [0, 0.1) is 0 Å². The van der Waals surface area contributed by atoms with Crippen LogP contribution in [0.4, 0.5) is 0 Å². The summed E-state index contributed by atoms with van der Waals surface area (Å²) in [5.74, 6) is 0.937. The third kappa shape index (κ3) is 4.08. The van der Waals surface area contributed by atoms with E-state index in [1.807, 2.05) is 19.1 Å². The van der Waals surface area contributed by atoms with E-state index in [9.17, 15) is 0 Å². The van der Waals surface area contributed by atoms with Gasteiger partial charge in [0.25, 0.3) is 0 Å². The minimum atomic E-state index is 0.719. The number of allylic oxidation sites excluding steroid dienone is 1. The van der Waals surface area contributed by atoms with E-state index in [1.54, 1.807) is 0 Å². The Hall–Kier alpha value is -0.760. The Morgan fingerprint density at radius 2 is 1.93 bits per heavy atom. The summed E-state index contributed by atoms with van der Waals surface area (Å²) in [7, 11) is 0. The molecule has 0 aliphatic rings. The van der Waals surface area contributed by atoms with Crippen molar-refractivity contribution in [2.75, 3.05) is 11.9 Å². The van der Waals surface area contributed by atoms with Crippen LogP contribution >= 0.6 is 15.9 Å². The quantitative estimate of drug-likeness (QED) is 0.725. The topological polar surface area (TPSA) is 9.23 Å². The Morgan fingerprint density at radius 1 is 1.27 bits per heavy atom. The first kappa shape index (κ1) is 12.3.